The van der Waals surface area contributed by atoms with E-state index in [0.717, 1.165) is 30.5 Å². The molecule has 2 aromatic carbocycles. The van der Waals surface area contributed by atoms with Crippen molar-refractivity contribution in [1.82, 2.24) is 14.9 Å². The minimum atomic E-state index is -3.69. The zero-order valence-electron chi connectivity index (χ0n) is 16.3. The second kappa shape index (κ2) is 8.86. The van der Waals surface area contributed by atoms with E-state index in [1.165, 1.54) is 16.4 Å². The van der Waals surface area contributed by atoms with Crippen LogP contribution >= 0.6 is 0 Å². The quantitative estimate of drug-likeness (QED) is 0.746. The number of hydrogen-bond donors (Lipinski definition) is 2. The minimum Gasteiger partial charge on any atom is -0.350 e. The van der Waals surface area contributed by atoms with Crippen LogP contribution in [0.3, 0.4) is 0 Å². The van der Waals surface area contributed by atoms with E-state index in [1.807, 2.05) is 31.2 Å². The average Bonchev–Trinajstić information content (AvgIpc) is 3.21. The smallest absolute Gasteiger partial charge is 0.251 e. The molecule has 7 heteroatoms. The molecule has 1 atom stereocenters. The Hall–Kier alpha value is -2.22. The maximum absolute atomic E-state index is 12.9. The van der Waals surface area contributed by atoms with E-state index >= 15 is 0 Å². The van der Waals surface area contributed by atoms with E-state index in [0.29, 0.717) is 12.1 Å². The lowest BCUT2D eigenvalue weighted by Crippen LogP contribution is -2.37. The molecule has 2 N–H and O–H groups in total. The van der Waals surface area contributed by atoms with Crippen LogP contribution in [0.1, 0.15) is 34.3 Å². The number of rotatable bonds is 7. The van der Waals surface area contributed by atoms with Gasteiger partial charge in [0.2, 0.25) is 10.0 Å². The van der Waals surface area contributed by atoms with Gasteiger partial charge in [-0.2, -0.15) is 4.31 Å². The Morgan fingerprint density at radius 1 is 1.21 bits per heavy atom. The number of nitrogens with zero attached hydrogens (tertiary/aromatic N) is 1. The molecule has 6 nitrogen and oxygen atoms in total. The minimum absolute atomic E-state index is 0.119. The first-order chi connectivity index (χ1) is 13.4. The highest BCUT2D eigenvalue weighted by atomic mass is 32.2. The van der Waals surface area contributed by atoms with Gasteiger partial charge in [-0.1, -0.05) is 35.9 Å². The molecule has 0 spiro atoms. The summed E-state index contributed by atoms with van der Waals surface area (Å²) >= 11 is 0. The Labute approximate surface area is 167 Å². The Morgan fingerprint density at radius 2 is 1.96 bits per heavy atom. The average molecular weight is 402 g/mol. The van der Waals surface area contributed by atoms with Gasteiger partial charge < -0.3 is 10.6 Å². The summed E-state index contributed by atoms with van der Waals surface area (Å²) < 4.78 is 27.2. The maximum atomic E-state index is 12.9. The van der Waals surface area contributed by atoms with E-state index in [1.54, 1.807) is 19.2 Å². The topological polar surface area (TPSA) is 78.5 Å². The first-order valence-electron chi connectivity index (χ1n) is 9.50. The molecular formula is C21H27N3O3S. The summed E-state index contributed by atoms with van der Waals surface area (Å²) in [7, 11) is -2.14. The molecule has 0 saturated carbocycles. The second-order valence-corrected chi connectivity index (χ2v) is 9.32. The Bertz CT molecular complexity index is 920. The van der Waals surface area contributed by atoms with Gasteiger partial charge in [0.05, 0.1) is 4.90 Å². The van der Waals surface area contributed by atoms with Crippen LogP contribution in [-0.2, 0) is 16.6 Å². The fraction of sp³-hybridized carbons (Fsp3) is 0.381. The first kappa shape index (κ1) is 20.5. The summed E-state index contributed by atoms with van der Waals surface area (Å²) in [4.78, 5) is 12.5. The fourth-order valence-electron chi connectivity index (χ4n) is 3.26. The predicted octanol–water partition coefficient (Wildman–Crippen LogP) is 2.30. The molecule has 0 aromatic heterocycles. The lowest BCUT2D eigenvalue weighted by Gasteiger charge is -2.18. The van der Waals surface area contributed by atoms with Crippen molar-refractivity contribution in [3.05, 3.63) is 65.2 Å². The van der Waals surface area contributed by atoms with E-state index < -0.39 is 10.0 Å². The van der Waals surface area contributed by atoms with Gasteiger partial charge in [0, 0.05) is 31.7 Å². The zero-order chi connectivity index (χ0) is 20.1. The molecular weight excluding hydrogens is 374 g/mol. The lowest BCUT2D eigenvalue weighted by atomic mass is 10.1. The van der Waals surface area contributed by atoms with E-state index in [-0.39, 0.29) is 23.4 Å². The van der Waals surface area contributed by atoms with Gasteiger partial charge in [0.1, 0.15) is 0 Å². The highest BCUT2D eigenvalue weighted by molar-refractivity contribution is 7.89. The molecule has 150 valence electrons. The molecule has 1 aliphatic heterocycles. The largest absolute Gasteiger partial charge is 0.350 e. The molecule has 1 amide bonds. The van der Waals surface area contributed by atoms with Crippen molar-refractivity contribution in [3.63, 3.8) is 0 Å². The Morgan fingerprint density at radius 3 is 2.64 bits per heavy atom. The molecule has 0 aliphatic carbocycles. The maximum Gasteiger partial charge on any atom is 0.251 e. The van der Waals surface area contributed by atoms with Crippen molar-refractivity contribution in [2.24, 2.45) is 0 Å². The van der Waals surface area contributed by atoms with Crippen molar-refractivity contribution in [1.29, 1.82) is 0 Å². The van der Waals surface area contributed by atoms with Crippen LogP contribution in [0, 0.1) is 6.92 Å². The monoisotopic (exact) mass is 401 g/mol. The van der Waals surface area contributed by atoms with Gasteiger partial charge in [-0.05, 0) is 50.1 Å². The Kier molecular flexibility index (Phi) is 6.49. The lowest BCUT2D eigenvalue weighted by molar-refractivity contribution is 0.0950. The zero-order valence-corrected chi connectivity index (χ0v) is 17.1. The highest BCUT2D eigenvalue weighted by Crippen LogP contribution is 2.18. The number of amides is 1. The fourth-order valence-corrected chi connectivity index (χ4v) is 4.47. The van der Waals surface area contributed by atoms with Gasteiger partial charge in [0.25, 0.3) is 5.91 Å². The van der Waals surface area contributed by atoms with Gasteiger partial charge in [0.15, 0.2) is 0 Å². The summed E-state index contributed by atoms with van der Waals surface area (Å²) in [6.07, 6.45) is 2.15. The number of benzene rings is 2. The van der Waals surface area contributed by atoms with Crippen LogP contribution in [0.4, 0.5) is 0 Å². The molecule has 1 fully saturated rings. The normalized spacial score (nSPS) is 17.0. The standard InChI is InChI=1S/C21H27N3O3S/c1-16-8-10-17(11-9-16)15-24(2)28(26,27)20-7-3-5-18(13-20)21(25)23-14-19-6-4-12-22-19/h3,5,7-11,13,19,22H,4,6,12,14-15H2,1-2H3,(H,23,25)/t19-/m0/s1. The number of carbonyl (C=O) groups is 1. The van der Waals surface area contributed by atoms with Crippen molar-refractivity contribution < 1.29 is 13.2 Å². The SMILES string of the molecule is Cc1ccc(CN(C)S(=O)(=O)c2cccc(C(=O)NC[C@@H]3CCCN3)c2)cc1. The van der Waals surface area contributed by atoms with Crippen LogP contribution in [0.2, 0.25) is 0 Å². The van der Waals surface area contributed by atoms with Gasteiger partial charge in [-0.15, -0.1) is 0 Å². The molecule has 2 aromatic rings. The third kappa shape index (κ3) is 4.98. The van der Waals surface area contributed by atoms with Crippen molar-refractivity contribution >= 4 is 15.9 Å². The highest BCUT2D eigenvalue weighted by Gasteiger charge is 2.22. The van der Waals surface area contributed by atoms with E-state index in [2.05, 4.69) is 10.6 Å². The third-order valence-electron chi connectivity index (χ3n) is 5.00. The predicted molar refractivity (Wildman–Crippen MR) is 110 cm³/mol. The molecule has 0 bridgehead atoms. The van der Waals surface area contributed by atoms with Gasteiger partial charge >= 0.3 is 0 Å². The second-order valence-electron chi connectivity index (χ2n) is 7.28. The van der Waals surface area contributed by atoms with E-state index in [9.17, 15) is 13.2 Å². The number of aryl methyl sites for hydroxylation is 1. The number of sulfonamides is 1. The molecule has 1 heterocycles. The summed E-state index contributed by atoms with van der Waals surface area (Å²) in [5.74, 6) is -0.257. The number of hydrogen-bond acceptors (Lipinski definition) is 4. The summed E-state index contributed by atoms with van der Waals surface area (Å²) in [6, 6.07) is 14.3. The summed E-state index contributed by atoms with van der Waals surface area (Å²) in [5.41, 5.74) is 2.39. The number of nitrogens with one attached hydrogen (secondary N) is 2. The van der Waals surface area contributed by atoms with Crippen LogP contribution < -0.4 is 10.6 Å². The molecule has 1 aliphatic rings. The molecule has 28 heavy (non-hydrogen) atoms. The van der Waals surface area contributed by atoms with Crippen molar-refractivity contribution in [2.75, 3.05) is 20.1 Å². The van der Waals surface area contributed by atoms with Crippen molar-refractivity contribution in [2.45, 2.75) is 37.2 Å². The van der Waals surface area contributed by atoms with Crippen LogP contribution in [-0.4, -0.2) is 44.8 Å². The van der Waals surface area contributed by atoms with Gasteiger partial charge in [-0.25, -0.2) is 8.42 Å². The molecule has 1 saturated heterocycles. The van der Waals surface area contributed by atoms with Gasteiger partial charge in [-0.3, -0.25) is 4.79 Å². The number of carbonyl (C=O) groups excluding carboxylic acids is 1. The Balaban J connectivity index is 1.69. The van der Waals surface area contributed by atoms with Crippen LogP contribution in [0.5, 0.6) is 0 Å². The van der Waals surface area contributed by atoms with Crippen LogP contribution in [0.25, 0.3) is 0 Å². The first-order valence-corrected chi connectivity index (χ1v) is 10.9. The molecule has 0 radical (unpaired) electrons. The van der Waals surface area contributed by atoms with Crippen LogP contribution in [0.15, 0.2) is 53.4 Å². The third-order valence-corrected chi connectivity index (χ3v) is 6.80. The van der Waals surface area contributed by atoms with Crippen molar-refractivity contribution in [3.8, 4) is 0 Å². The summed E-state index contributed by atoms with van der Waals surface area (Å²) in [6.45, 7) is 3.78. The molecule has 3 rings (SSSR count). The van der Waals surface area contributed by atoms with E-state index in [4.69, 9.17) is 0 Å². The summed E-state index contributed by atoms with van der Waals surface area (Å²) in [5, 5.41) is 6.21. The molecule has 0 unspecified atom stereocenters.